The van der Waals surface area contributed by atoms with Crippen LogP contribution in [0.2, 0.25) is 5.02 Å². The van der Waals surface area contributed by atoms with Crippen LogP contribution in [0.3, 0.4) is 0 Å². The van der Waals surface area contributed by atoms with Gasteiger partial charge < -0.3 is 5.73 Å². The molecule has 0 amide bonds. The van der Waals surface area contributed by atoms with Crippen LogP contribution in [0.5, 0.6) is 0 Å². The summed E-state index contributed by atoms with van der Waals surface area (Å²) in [6, 6.07) is 1.32. The Hall–Kier alpha value is -0.400. The van der Waals surface area contributed by atoms with E-state index < -0.39 is 10.0 Å². The monoisotopic (exact) mass is 297 g/mol. The van der Waals surface area contributed by atoms with E-state index in [1.165, 1.54) is 22.8 Å². The molecule has 96 valence electrons. The molecule has 0 bridgehead atoms. The van der Waals surface area contributed by atoms with Gasteiger partial charge in [-0.2, -0.15) is 4.31 Å². The zero-order valence-electron chi connectivity index (χ0n) is 8.91. The number of pyridine rings is 1. The molecule has 1 fully saturated rings. The van der Waals surface area contributed by atoms with Crippen molar-refractivity contribution in [2.24, 2.45) is 5.73 Å². The van der Waals surface area contributed by atoms with Crippen LogP contribution in [0, 0.1) is 0 Å². The molecule has 1 atom stereocenters. The molecule has 2 heterocycles. The lowest BCUT2D eigenvalue weighted by Crippen LogP contribution is -2.32. The molecule has 0 radical (unpaired) electrons. The van der Waals surface area contributed by atoms with Crippen molar-refractivity contribution in [1.82, 2.24) is 9.29 Å². The molecule has 1 aromatic rings. The topological polar surface area (TPSA) is 76.3 Å². The van der Waals surface area contributed by atoms with Crippen molar-refractivity contribution >= 4 is 34.0 Å². The largest absolute Gasteiger partial charge is 0.326 e. The van der Waals surface area contributed by atoms with Crippen molar-refractivity contribution in [3.63, 3.8) is 0 Å². The summed E-state index contributed by atoms with van der Waals surface area (Å²) in [6.45, 7) is 0.810. The van der Waals surface area contributed by atoms with E-state index in [2.05, 4.69) is 4.98 Å². The van der Waals surface area contributed by atoms with E-state index in [4.69, 9.17) is 17.3 Å². The number of aromatic nitrogens is 1. The number of sulfonamides is 1. The highest BCUT2D eigenvalue weighted by Gasteiger charge is 2.31. The summed E-state index contributed by atoms with van der Waals surface area (Å²) < 4.78 is 25.6. The minimum Gasteiger partial charge on any atom is -0.326 e. The fourth-order valence-electron chi connectivity index (χ4n) is 1.65. The smallest absolute Gasteiger partial charge is 0.244 e. The van der Waals surface area contributed by atoms with Gasteiger partial charge in [0.25, 0.3) is 0 Å². The molecule has 17 heavy (non-hydrogen) atoms. The van der Waals surface area contributed by atoms with Crippen LogP contribution in [0.1, 0.15) is 6.42 Å². The van der Waals surface area contributed by atoms with Crippen LogP contribution in [0.4, 0.5) is 0 Å². The van der Waals surface area contributed by atoms with E-state index in [-0.39, 0.29) is 23.3 Å². The Labute approximate surface area is 111 Å². The van der Waals surface area contributed by atoms with Crippen molar-refractivity contribution in [3.8, 4) is 0 Å². The Morgan fingerprint density at radius 3 is 2.71 bits per heavy atom. The zero-order chi connectivity index (χ0) is 11.8. The lowest BCUT2D eigenvalue weighted by Gasteiger charge is -2.15. The second-order valence-electron chi connectivity index (χ2n) is 3.75. The average Bonchev–Trinajstić information content (AvgIpc) is 2.65. The SMILES string of the molecule is Cl.N[C@@H]1CCN(S(=O)(=O)c2cncc(Cl)c2)C1. The average molecular weight is 298 g/mol. The molecule has 0 aliphatic carbocycles. The molecule has 0 aromatic carbocycles. The van der Waals surface area contributed by atoms with Crippen LogP contribution < -0.4 is 5.73 Å². The molecule has 1 aliphatic rings. The molecule has 8 heteroatoms. The molecule has 0 unspecified atom stereocenters. The fourth-order valence-corrected chi connectivity index (χ4v) is 3.39. The van der Waals surface area contributed by atoms with E-state index in [0.717, 1.165) is 0 Å². The highest BCUT2D eigenvalue weighted by Crippen LogP contribution is 2.21. The third kappa shape index (κ3) is 3.08. The van der Waals surface area contributed by atoms with Crippen molar-refractivity contribution < 1.29 is 8.42 Å². The van der Waals surface area contributed by atoms with Crippen molar-refractivity contribution in [2.75, 3.05) is 13.1 Å². The third-order valence-electron chi connectivity index (χ3n) is 2.51. The molecule has 0 spiro atoms. The minimum atomic E-state index is -3.49. The predicted octanol–water partition coefficient (Wildman–Crippen LogP) is 0.878. The molecule has 2 rings (SSSR count). The lowest BCUT2D eigenvalue weighted by atomic mass is 10.3. The quantitative estimate of drug-likeness (QED) is 0.879. The second-order valence-corrected chi connectivity index (χ2v) is 6.13. The predicted molar refractivity (Wildman–Crippen MR) is 67.8 cm³/mol. The van der Waals surface area contributed by atoms with Crippen molar-refractivity contribution in [2.45, 2.75) is 17.4 Å². The van der Waals surface area contributed by atoms with Crippen LogP contribution in [0.25, 0.3) is 0 Å². The lowest BCUT2D eigenvalue weighted by molar-refractivity contribution is 0.472. The van der Waals surface area contributed by atoms with Crippen LogP contribution in [-0.2, 0) is 10.0 Å². The maximum Gasteiger partial charge on any atom is 0.244 e. The van der Waals surface area contributed by atoms with Gasteiger partial charge in [0.1, 0.15) is 4.90 Å². The number of nitrogens with two attached hydrogens (primary N) is 1. The first-order valence-corrected chi connectivity index (χ1v) is 6.68. The molecule has 0 saturated carbocycles. The van der Waals surface area contributed by atoms with Gasteiger partial charge in [0.15, 0.2) is 0 Å². The summed E-state index contributed by atoms with van der Waals surface area (Å²) in [6.07, 6.45) is 3.38. The fraction of sp³-hybridized carbons (Fsp3) is 0.444. The highest BCUT2D eigenvalue weighted by molar-refractivity contribution is 7.89. The summed E-state index contributed by atoms with van der Waals surface area (Å²) in [5, 5.41) is 0.310. The number of hydrogen-bond acceptors (Lipinski definition) is 4. The molecule has 1 saturated heterocycles. The molecule has 2 N–H and O–H groups in total. The van der Waals surface area contributed by atoms with Crippen molar-refractivity contribution in [3.05, 3.63) is 23.5 Å². The summed E-state index contributed by atoms with van der Waals surface area (Å²) in [4.78, 5) is 3.89. The standard InChI is InChI=1S/C9H12ClN3O2S.ClH/c10-7-3-9(5-12-4-7)16(14,15)13-2-1-8(11)6-13;/h3-5,8H,1-2,6,11H2;1H/t8-;/m1./s1. The van der Waals surface area contributed by atoms with Gasteiger partial charge in [-0.25, -0.2) is 8.42 Å². The summed E-state index contributed by atoms with van der Waals surface area (Å²) in [5.74, 6) is 0. The van der Waals surface area contributed by atoms with Gasteiger partial charge in [0, 0.05) is 31.5 Å². The molecule has 1 aromatic heterocycles. The second kappa shape index (κ2) is 5.49. The molecule has 1 aliphatic heterocycles. The zero-order valence-corrected chi connectivity index (χ0v) is 11.3. The van der Waals surface area contributed by atoms with Gasteiger partial charge in [0.2, 0.25) is 10.0 Å². The Balaban J connectivity index is 0.00000144. The summed E-state index contributed by atoms with van der Waals surface area (Å²) >= 11 is 5.72. The van der Waals surface area contributed by atoms with E-state index in [1.54, 1.807) is 0 Å². The van der Waals surface area contributed by atoms with Gasteiger partial charge in [-0.3, -0.25) is 4.98 Å². The van der Waals surface area contributed by atoms with E-state index in [9.17, 15) is 8.42 Å². The van der Waals surface area contributed by atoms with Gasteiger partial charge in [-0.1, -0.05) is 11.6 Å². The van der Waals surface area contributed by atoms with Gasteiger partial charge in [0.05, 0.1) is 5.02 Å². The van der Waals surface area contributed by atoms with E-state index >= 15 is 0 Å². The van der Waals surface area contributed by atoms with Gasteiger partial charge >= 0.3 is 0 Å². The number of hydrogen-bond donors (Lipinski definition) is 1. The third-order valence-corrected chi connectivity index (χ3v) is 4.54. The van der Waals surface area contributed by atoms with Gasteiger partial charge in [-0.15, -0.1) is 12.4 Å². The molecular weight excluding hydrogens is 285 g/mol. The maximum absolute atomic E-state index is 12.1. The Bertz CT molecular complexity index is 495. The Kier molecular flexibility index (Phi) is 4.74. The van der Waals surface area contributed by atoms with E-state index in [0.29, 0.717) is 24.5 Å². The Morgan fingerprint density at radius 1 is 1.47 bits per heavy atom. The van der Waals surface area contributed by atoms with Crippen LogP contribution in [-0.4, -0.2) is 36.8 Å². The summed E-state index contributed by atoms with van der Waals surface area (Å²) in [5.41, 5.74) is 5.68. The number of nitrogens with zero attached hydrogens (tertiary/aromatic N) is 2. The van der Waals surface area contributed by atoms with Gasteiger partial charge in [-0.05, 0) is 12.5 Å². The maximum atomic E-state index is 12.1. The molecular formula is C9H13Cl2N3O2S. The van der Waals surface area contributed by atoms with E-state index in [1.807, 2.05) is 0 Å². The molecule has 5 nitrogen and oxygen atoms in total. The minimum absolute atomic E-state index is 0. The Morgan fingerprint density at radius 2 is 2.18 bits per heavy atom. The normalized spacial score (nSPS) is 21.2. The van der Waals surface area contributed by atoms with Crippen LogP contribution >= 0.6 is 24.0 Å². The number of halogens is 2. The summed E-state index contributed by atoms with van der Waals surface area (Å²) in [7, 11) is -3.49. The first kappa shape index (κ1) is 14.7. The van der Waals surface area contributed by atoms with Crippen LogP contribution in [0.15, 0.2) is 23.4 Å². The highest BCUT2D eigenvalue weighted by atomic mass is 35.5. The first-order valence-electron chi connectivity index (χ1n) is 4.86. The van der Waals surface area contributed by atoms with Crippen molar-refractivity contribution in [1.29, 1.82) is 0 Å². The first-order chi connectivity index (χ1) is 7.50. The number of rotatable bonds is 2.